The van der Waals surface area contributed by atoms with E-state index in [4.69, 9.17) is 0 Å². The third-order valence-corrected chi connectivity index (χ3v) is 20.6. The van der Waals surface area contributed by atoms with Crippen LogP contribution in [0.15, 0.2) is 48.6 Å². The summed E-state index contributed by atoms with van der Waals surface area (Å²) in [7, 11) is 0. The zero-order chi connectivity index (χ0) is 27.5. The number of benzene rings is 2. The number of allylic oxidation sites excluding steroid dienone is 4. The summed E-state index contributed by atoms with van der Waals surface area (Å²) in [5.74, 6) is 0. The molecule has 2 aliphatic rings. The van der Waals surface area contributed by atoms with Crippen molar-refractivity contribution < 1.29 is 23.3 Å². The Bertz CT molecular complexity index is 1030. The van der Waals surface area contributed by atoms with E-state index in [0.29, 0.717) is 10.1 Å². The number of fused-ring (bicyclic) bond motifs is 3. The van der Waals surface area contributed by atoms with Gasteiger partial charge in [-0.05, 0) is 28.4 Å². The fourth-order valence-electron chi connectivity index (χ4n) is 4.49. The van der Waals surface area contributed by atoms with Gasteiger partial charge in [-0.25, -0.2) is 12.2 Å². The van der Waals surface area contributed by atoms with Crippen LogP contribution in [0.1, 0.15) is 112 Å². The number of hydrogen-bond acceptors (Lipinski definition) is 0. The van der Waals surface area contributed by atoms with Crippen molar-refractivity contribution in [2.75, 3.05) is 0 Å². The Morgan fingerprint density at radius 1 is 0.750 bits per heavy atom. The number of hydrogen-bond donors (Lipinski definition) is 0. The van der Waals surface area contributed by atoms with Gasteiger partial charge in [0.2, 0.25) is 0 Å². The largest absolute Gasteiger partial charge is 0.273 e. The van der Waals surface area contributed by atoms with Crippen molar-refractivity contribution in [1.82, 2.24) is 0 Å². The second-order valence-electron chi connectivity index (χ2n) is 14.2. The second kappa shape index (κ2) is 11.8. The van der Waals surface area contributed by atoms with Crippen molar-refractivity contribution in [3.05, 3.63) is 83.0 Å². The molecule has 2 aromatic carbocycles. The third-order valence-electron chi connectivity index (χ3n) is 6.55. The van der Waals surface area contributed by atoms with Gasteiger partial charge in [0, 0.05) is 0 Å². The molecule has 36 heavy (non-hydrogen) atoms. The summed E-state index contributed by atoms with van der Waals surface area (Å²) in [6.07, 6.45) is 11.0. The maximum atomic E-state index is 3.67. The molecule has 192 valence electrons. The van der Waals surface area contributed by atoms with E-state index in [0.717, 1.165) is 12.8 Å². The van der Waals surface area contributed by atoms with Gasteiger partial charge < -0.3 is 0 Å². The summed E-state index contributed by atoms with van der Waals surface area (Å²) < 4.78 is 0. The maximum Gasteiger partial charge on any atom is -0.0132 e. The van der Waals surface area contributed by atoms with E-state index in [9.17, 15) is 0 Å². The van der Waals surface area contributed by atoms with Crippen LogP contribution in [0.3, 0.4) is 0 Å². The van der Waals surface area contributed by atoms with Gasteiger partial charge in [0.25, 0.3) is 0 Å². The Labute approximate surface area is 238 Å². The second-order valence-corrected chi connectivity index (χ2v) is 21.6. The SMILES string of the molecule is CC(C)(C)[Si](=[Zr+2])C(C)(C)C.CC(C)(C)c1[c-]c2c(cc1)-c1ccc(C(C)(C)C)cc1C2.[C-]1=CC=CC1. The Hall–Kier alpha value is -0.980. The van der Waals surface area contributed by atoms with Crippen LogP contribution in [0.25, 0.3) is 11.1 Å². The van der Waals surface area contributed by atoms with Gasteiger partial charge in [0.05, 0.1) is 0 Å². The minimum absolute atomic E-state index is 0.131. The van der Waals surface area contributed by atoms with Crippen LogP contribution in [0.4, 0.5) is 0 Å². The topological polar surface area (TPSA) is 0 Å². The molecule has 0 unspecified atom stereocenters. The molecule has 0 saturated carbocycles. The van der Waals surface area contributed by atoms with Gasteiger partial charge in [-0.15, -0.1) is 17.5 Å². The summed E-state index contributed by atoms with van der Waals surface area (Å²) >= 11 is 1.77. The molecule has 2 aromatic rings. The van der Waals surface area contributed by atoms with Crippen LogP contribution in [0, 0.1) is 12.1 Å². The minimum atomic E-state index is -0.131. The van der Waals surface area contributed by atoms with Gasteiger partial charge in [0.15, 0.2) is 0 Å². The van der Waals surface area contributed by atoms with Crippen LogP contribution in [0.5, 0.6) is 0 Å². The minimum Gasteiger partial charge on any atom is -0.273 e. The molecule has 0 spiro atoms. The molecule has 0 saturated heterocycles. The molecule has 0 nitrogen and oxygen atoms in total. The zero-order valence-corrected chi connectivity index (χ0v) is 28.5. The molecule has 0 fully saturated rings. The zero-order valence-electron chi connectivity index (χ0n) is 25.0. The van der Waals surface area contributed by atoms with Crippen LogP contribution in [0.2, 0.25) is 10.1 Å². The third kappa shape index (κ3) is 8.80. The number of rotatable bonds is 0. The maximum absolute atomic E-state index is 3.67. The van der Waals surface area contributed by atoms with Crippen molar-refractivity contribution in [3.8, 4) is 11.1 Å². The predicted octanol–water partition coefficient (Wildman–Crippen LogP) is 10.1. The van der Waals surface area contributed by atoms with E-state index < -0.39 is 0 Å². The molecule has 4 rings (SSSR count). The van der Waals surface area contributed by atoms with E-state index in [2.05, 4.69) is 132 Å². The van der Waals surface area contributed by atoms with Gasteiger partial charge >= 0.3 is 80.4 Å². The Balaban J connectivity index is 0.000000252. The molecule has 0 radical (unpaired) electrons. The van der Waals surface area contributed by atoms with E-state index in [-0.39, 0.29) is 16.3 Å². The standard InChI is InChI=1S/C21H25.C8H18Si.C5H5.Zr/c1-20(2,3)16-7-9-18-14(12-16)11-15-13-17(21(4,5)6)8-10-19(15)18;1-7(2,3)9-8(4,5)6;1-2-4-5-3-1;/h7-10,12H,11H2,1-6H3;1-6H3;1-3H,4H2;/q-1;;-1;+2. The van der Waals surface area contributed by atoms with E-state index in [1.54, 1.807) is 23.3 Å². The summed E-state index contributed by atoms with van der Waals surface area (Å²) in [4.78, 5) is 0. The van der Waals surface area contributed by atoms with E-state index in [1.807, 2.05) is 12.2 Å². The fraction of sp³-hybridized carbons (Fsp3) is 0.529. The predicted molar refractivity (Wildman–Crippen MR) is 158 cm³/mol. The Kier molecular flexibility index (Phi) is 10.3. The molecule has 0 aliphatic heterocycles. The monoisotopic (exact) mass is 574 g/mol. The first-order valence-electron chi connectivity index (χ1n) is 13.3. The Morgan fingerprint density at radius 3 is 1.72 bits per heavy atom. The summed E-state index contributed by atoms with van der Waals surface area (Å²) in [6.45, 7) is 27.9. The summed E-state index contributed by atoms with van der Waals surface area (Å²) in [5, 5.41) is 1.17. The van der Waals surface area contributed by atoms with Crippen molar-refractivity contribution in [3.63, 3.8) is 0 Å². The summed E-state index contributed by atoms with van der Waals surface area (Å²) in [6, 6.07) is 15.2. The molecule has 0 bridgehead atoms. The quantitative estimate of drug-likeness (QED) is 0.185. The molecular formula is C34H48SiZr. The van der Waals surface area contributed by atoms with E-state index >= 15 is 0 Å². The molecule has 0 amide bonds. The first kappa shape index (κ1) is 31.2. The van der Waals surface area contributed by atoms with Crippen molar-refractivity contribution >= 4 is 5.43 Å². The first-order chi connectivity index (χ1) is 16.3. The summed E-state index contributed by atoms with van der Waals surface area (Å²) in [5.41, 5.74) is 8.57. The van der Waals surface area contributed by atoms with Crippen LogP contribution in [-0.4, -0.2) is 5.43 Å². The molecule has 0 aromatic heterocycles. The van der Waals surface area contributed by atoms with Crippen LogP contribution in [-0.2, 0) is 40.6 Å². The fourth-order valence-corrected chi connectivity index (χ4v) is 6.74. The molecular weight excluding hydrogens is 528 g/mol. The van der Waals surface area contributed by atoms with Gasteiger partial charge in [-0.3, -0.25) is 6.08 Å². The van der Waals surface area contributed by atoms with Crippen molar-refractivity contribution in [1.29, 1.82) is 0 Å². The van der Waals surface area contributed by atoms with E-state index in [1.165, 1.54) is 33.4 Å². The smallest absolute Gasteiger partial charge is 0.0132 e. The van der Waals surface area contributed by atoms with Crippen LogP contribution >= 0.6 is 0 Å². The van der Waals surface area contributed by atoms with Crippen molar-refractivity contribution in [2.24, 2.45) is 0 Å². The van der Waals surface area contributed by atoms with Crippen molar-refractivity contribution in [2.45, 2.75) is 117 Å². The average Bonchev–Trinajstić information content (AvgIpc) is 3.41. The average molecular weight is 576 g/mol. The van der Waals surface area contributed by atoms with Gasteiger partial charge in [0.1, 0.15) is 0 Å². The van der Waals surface area contributed by atoms with Gasteiger partial charge in [-0.1, -0.05) is 65.3 Å². The first-order valence-corrected chi connectivity index (χ1v) is 18.5. The molecule has 2 aliphatic carbocycles. The normalized spacial score (nSPS) is 14.4. The van der Waals surface area contributed by atoms with Gasteiger partial charge in [-0.2, -0.15) is 29.8 Å². The molecule has 0 N–H and O–H groups in total. The Morgan fingerprint density at radius 2 is 1.33 bits per heavy atom. The molecule has 0 atom stereocenters. The van der Waals surface area contributed by atoms with Crippen LogP contribution < -0.4 is 0 Å². The molecule has 2 heteroatoms. The molecule has 0 heterocycles.